The highest BCUT2D eigenvalue weighted by atomic mass is 16.6. The number of amides is 1. The Morgan fingerprint density at radius 2 is 1.89 bits per heavy atom. The Labute approximate surface area is 159 Å². The van der Waals surface area contributed by atoms with E-state index >= 15 is 0 Å². The molecule has 0 radical (unpaired) electrons. The number of aryl methyl sites for hydroxylation is 2. The molecule has 2 rings (SSSR count). The topological polar surface area (TPSA) is 93.5 Å². The third-order valence-corrected chi connectivity index (χ3v) is 4.17. The minimum atomic E-state index is -0.866. The molecule has 0 aliphatic rings. The molecule has 0 spiro atoms. The number of ether oxygens (including phenoxy) is 1. The van der Waals surface area contributed by atoms with Crippen molar-refractivity contribution >= 4 is 17.7 Å². The zero-order chi connectivity index (χ0) is 20.4. The Morgan fingerprint density at radius 1 is 1.22 bits per heavy atom. The van der Waals surface area contributed by atoms with Crippen molar-refractivity contribution in [1.29, 1.82) is 0 Å². The van der Waals surface area contributed by atoms with Crippen molar-refractivity contribution in [3.63, 3.8) is 0 Å². The van der Waals surface area contributed by atoms with Crippen LogP contribution in [0.25, 0.3) is 0 Å². The van der Waals surface area contributed by atoms with E-state index in [2.05, 4.69) is 10.4 Å². The maximum atomic E-state index is 11.9. The molecule has 0 fully saturated rings. The quantitative estimate of drug-likeness (QED) is 0.831. The first-order valence-corrected chi connectivity index (χ1v) is 8.80. The summed E-state index contributed by atoms with van der Waals surface area (Å²) in [7, 11) is 0. The van der Waals surface area contributed by atoms with E-state index in [1.807, 2.05) is 64.4 Å². The minimum absolute atomic E-state index is 0.0323. The molecular weight excluding hydrogens is 346 g/mol. The number of aliphatic carboxylic acids is 1. The number of benzene rings is 1. The summed E-state index contributed by atoms with van der Waals surface area (Å²) in [6, 6.07) is 5.62. The first-order chi connectivity index (χ1) is 12.5. The summed E-state index contributed by atoms with van der Waals surface area (Å²) in [5.41, 5.74) is 4.48. The van der Waals surface area contributed by atoms with E-state index in [0.29, 0.717) is 12.2 Å². The summed E-state index contributed by atoms with van der Waals surface area (Å²) in [6.07, 6.45) is -0.526. The second-order valence-electron chi connectivity index (χ2n) is 7.65. The SMILES string of the molecule is Cc1cc(NC(=O)OC(C)(C)C)ccc1Cn1nc(C)c(CC(=O)O)c1C. The number of aromatic nitrogens is 2. The fourth-order valence-electron chi connectivity index (χ4n) is 2.83. The Balaban J connectivity index is 2.15. The largest absolute Gasteiger partial charge is 0.481 e. The smallest absolute Gasteiger partial charge is 0.412 e. The van der Waals surface area contributed by atoms with Gasteiger partial charge in [0.05, 0.1) is 18.7 Å². The summed E-state index contributed by atoms with van der Waals surface area (Å²) >= 11 is 0. The third kappa shape index (κ3) is 5.57. The molecule has 0 bridgehead atoms. The van der Waals surface area contributed by atoms with E-state index in [-0.39, 0.29) is 6.42 Å². The fraction of sp³-hybridized carbons (Fsp3) is 0.450. The van der Waals surface area contributed by atoms with Crippen molar-refractivity contribution in [3.05, 3.63) is 46.3 Å². The number of carbonyl (C=O) groups is 2. The zero-order valence-corrected chi connectivity index (χ0v) is 16.7. The van der Waals surface area contributed by atoms with Crippen LogP contribution in [0.4, 0.5) is 10.5 Å². The molecule has 7 heteroatoms. The lowest BCUT2D eigenvalue weighted by Gasteiger charge is -2.20. The summed E-state index contributed by atoms with van der Waals surface area (Å²) in [6.45, 7) is 11.6. The van der Waals surface area contributed by atoms with Gasteiger partial charge in [-0.3, -0.25) is 14.8 Å². The molecule has 2 aromatic rings. The molecule has 0 atom stereocenters. The lowest BCUT2D eigenvalue weighted by Crippen LogP contribution is -2.27. The number of carboxylic acids is 1. The number of carboxylic acid groups (broad SMARTS) is 1. The zero-order valence-electron chi connectivity index (χ0n) is 16.7. The predicted molar refractivity (Wildman–Crippen MR) is 103 cm³/mol. The van der Waals surface area contributed by atoms with Gasteiger partial charge in [-0.25, -0.2) is 4.79 Å². The van der Waals surface area contributed by atoms with E-state index in [9.17, 15) is 9.59 Å². The first kappa shape index (κ1) is 20.5. The number of nitrogens with one attached hydrogen (secondary N) is 1. The Bertz CT molecular complexity index is 863. The number of hydrogen-bond acceptors (Lipinski definition) is 4. The average Bonchev–Trinajstić information content (AvgIpc) is 2.75. The maximum Gasteiger partial charge on any atom is 0.412 e. The second-order valence-corrected chi connectivity index (χ2v) is 7.65. The van der Waals surface area contributed by atoms with E-state index in [1.54, 1.807) is 0 Å². The second kappa shape index (κ2) is 7.82. The molecule has 1 heterocycles. The summed E-state index contributed by atoms with van der Waals surface area (Å²) < 4.78 is 7.07. The van der Waals surface area contributed by atoms with E-state index < -0.39 is 17.7 Å². The van der Waals surface area contributed by atoms with Crippen LogP contribution in [0.2, 0.25) is 0 Å². The van der Waals surface area contributed by atoms with Crippen LogP contribution in [-0.4, -0.2) is 32.6 Å². The van der Waals surface area contributed by atoms with Gasteiger partial charge < -0.3 is 9.84 Å². The van der Waals surface area contributed by atoms with Gasteiger partial charge in [0.2, 0.25) is 0 Å². The Kier molecular flexibility index (Phi) is 5.93. The molecule has 1 aromatic carbocycles. The monoisotopic (exact) mass is 373 g/mol. The van der Waals surface area contributed by atoms with Crippen LogP contribution >= 0.6 is 0 Å². The van der Waals surface area contributed by atoms with Gasteiger partial charge in [0.25, 0.3) is 0 Å². The molecule has 1 amide bonds. The molecule has 2 N–H and O–H groups in total. The van der Waals surface area contributed by atoms with E-state index in [4.69, 9.17) is 9.84 Å². The average molecular weight is 373 g/mol. The van der Waals surface area contributed by atoms with E-state index in [1.165, 1.54) is 0 Å². The van der Waals surface area contributed by atoms with Crippen LogP contribution in [0, 0.1) is 20.8 Å². The highest BCUT2D eigenvalue weighted by molar-refractivity contribution is 5.85. The van der Waals surface area contributed by atoms with Crippen molar-refractivity contribution in [2.45, 2.75) is 60.1 Å². The van der Waals surface area contributed by atoms with Gasteiger partial charge in [0.15, 0.2) is 0 Å². The molecule has 146 valence electrons. The van der Waals surface area contributed by atoms with Crippen molar-refractivity contribution in [2.75, 3.05) is 5.32 Å². The maximum absolute atomic E-state index is 11.9. The summed E-state index contributed by atoms with van der Waals surface area (Å²) in [4.78, 5) is 22.9. The molecule has 27 heavy (non-hydrogen) atoms. The summed E-state index contributed by atoms with van der Waals surface area (Å²) in [5, 5.41) is 16.3. The number of carbonyl (C=O) groups excluding carboxylic acids is 1. The van der Waals surface area contributed by atoms with Crippen LogP contribution in [-0.2, 0) is 22.5 Å². The van der Waals surface area contributed by atoms with E-state index in [0.717, 1.165) is 28.1 Å². The van der Waals surface area contributed by atoms with Crippen LogP contribution in [0.1, 0.15) is 48.8 Å². The van der Waals surface area contributed by atoms with Crippen LogP contribution in [0.5, 0.6) is 0 Å². The van der Waals surface area contributed by atoms with Crippen LogP contribution < -0.4 is 5.32 Å². The highest BCUT2D eigenvalue weighted by Gasteiger charge is 2.17. The first-order valence-electron chi connectivity index (χ1n) is 8.80. The lowest BCUT2D eigenvalue weighted by atomic mass is 10.1. The van der Waals surface area contributed by atoms with Crippen molar-refractivity contribution in [3.8, 4) is 0 Å². The molecule has 0 unspecified atom stereocenters. The number of nitrogens with zero attached hydrogens (tertiary/aromatic N) is 2. The Hall–Kier alpha value is -2.83. The minimum Gasteiger partial charge on any atom is -0.481 e. The molecule has 1 aromatic heterocycles. The predicted octanol–water partition coefficient (Wildman–Crippen LogP) is 3.83. The lowest BCUT2D eigenvalue weighted by molar-refractivity contribution is -0.136. The normalized spacial score (nSPS) is 11.3. The fourth-order valence-corrected chi connectivity index (χ4v) is 2.83. The van der Waals surface area contributed by atoms with Gasteiger partial charge in [-0.2, -0.15) is 5.10 Å². The Morgan fingerprint density at radius 3 is 2.44 bits per heavy atom. The van der Waals surface area contributed by atoms with Gasteiger partial charge in [-0.1, -0.05) is 6.07 Å². The molecule has 0 saturated carbocycles. The molecule has 0 saturated heterocycles. The van der Waals surface area contributed by atoms with Gasteiger partial charge in [0.1, 0.15) is 5.60 Å². The highest BCUT2D eigenvalue weighted by Crippen LogP contribution is 2.20. The van der Waals surface area contributed by atoms with Gasteiger partial charge in [0, 0.05) is 16.9 Å². The van der Waals surface area contributed by atoms with Gasteiger partial charge in [-0.15, -0.1) is 0 Å². The summed E-state index contributed by atoms with van der Waals surface area (Å²) in [5.74, 6) is -0.866. The molecule has 0 aliphatic carbocycles. The molecular formula is C20H27N3O4. The van der Waals surface area contributed by atoms with Crippen LogP contribution in [0.15, 0.2) is 18.2 Å². The molecule has 7 nitrogen and oxygen atoms in total. The van der Waals surface area contributed by atoms with Crippen LogP contribution in [0.3, 0.4) is 0 Å². The van der Waals surface area contributed by atoms with Crippen molar-refractivity contribution in [2.24, 2.45) is 0 Å². The number of rotatable bonds is 5. The number of anilines is 1. The van der Waals surface area contributed by atoms with Gasteiger partial charge >= 0.3 is 12.1 Å². The third-order valence-electron chi connectivity index (χ3n) is 4.17. The van der Waals surface area contributed by atoms with Crippen molar-refractivity contribution < 1.29 is 19.4 Å². The molecule has 0 aliphatic heterocycles. The standard InChI is InChI=1S/C20H27N3O4/c1-12-9-16(21-19(26)27-20(4,5)6)8-7-15(12)11-23-14(3)17(10-18(24)25)13(2)22-23/h7-9H,10-11H2,1-6H3,(H,21,26)(H,24,25). The number of hydrogen-bond donors (Lipinski definition) is 2. The van der Waals surface area contributed by atoms with Gasteiger partial charge in [-0.05, 0) is 64.8 Å². The van der Waals surface area contributed by atoms with Crippen molar-refractivity contribution in [1.82, 2.24) is 9.78 Å².